The molecule has 0 aromatic heterocycles. The molecule has 0 aliphatic rings. The number of aliphatic hydroxyl groups excluding tert-OH is 1. The molecule has 0 aliphatic carbocycles. The van der Waals surface area contributed by atoms with Crippen molar-refractivity contribution in [3.8, 4) is 5.75 Å². The van der Waals surface area contributed by atoms with E-state index in [1.165, 1.54) is 0 Å². The van der Waals surface area contributed by atoms with E-state index in [4.69, 9.17) is 9.84 Å². The van der Waals surface area contributed by atoms with Crippen molar-refractivity contribution in [1.29, 1.82) is 0 Å². The van der Waals surface area contributed by atoms with Gasteiger partial charge in [-0.25, -0.2) is 0 Å². The third-order valence-corrected chi connectivity index (χ3v) is 2.68. The van der Waals surface area contributed by atoms with Crippen molar-refractivity contribution < 1.29 is 9.84 Å². The molecule has 3 nitrogen and oxygen atoms in total. The molecule has 0 saturated carbocycles. The minimum Gasteiger partial charge on any atom is -0.496 e. The summed E-state index contributed by atoms with van der Waals surface area (Å²) in [6.45, 7) is 4.23. The number of rotatable bonds is 6. The monoisotopic (exact) mass is 223 g/mol. The van der Waals surface area contributed by atoms with Gasteiger partial charge >= 0.3 is 0 Å². The van der Waals surface area contributed by atoms with Crippen LogP contribution in [0.25, 0.3) is 0 Å². The third-order valence-electron chi connectivity index (χ3n) is 2.68. The Morgan fingerprint density at radius 3 is 2.62 bits per heavy atom. The van der Waals surface area contributed by atoms with E-state index in [1.54, 1.807) is 7.11 Å². The van der Waals surface area contributed by atoms with Crippen LogP contribution in [0, 0.1) is 0 Å². The Morgan fingerprint density at radius 2 is 2.06 bits per heavy atom. The maximum Gasteiger partial charge on any atom is 0.123 e. The molecule has 0 radical (unpaired) electrons. The summed E-state index contributed by atoms with van der Waals surface area (Å²) in [5, 5.41) is 12.4. The SMILES string of the molecule is CCC(N[C@H](C)CO)c1ccccc1OC. The zero-order valence-electron chi connectivity index (χ0n) is 10.2. The summed E-state index contributed by atoms with van der Waals surface area (Å²) in [6.07, 6.45) is 0.963. The number of hydrogen-bond donors (Lipinski definition) is 2. The number of para-hydroxylation sites is 1. The summed E-state index contributed by atoms with van der Waals surface area (Å²) in [7, 11) is 1.68. The number of hydrogen-bond acceptors (Lipinski definition) is 3. The summed E-state index contributed by atoms with van der Waals surface area (Å²) in [6, 6.07) is 8.30. The molecule has 0 aliphatic heterocycles. The first-order valence-electron chi connectivity index (χ1n) is 5.72. The van der Waals surface area contributed by atoms with Gasteiger partial charge in [0.25, 0.3) is 0 Å². The van der Waals surface area contributed by atoms with Gasteiger partial charge in [0.1, 0.15) is 5.75 Å². The fourth-order valence-electron chi connectivity index (χ4n) is 1.78. The summed E-state index contributed by atoms with van der Waals surface area (Å²) >= 11 is 0. The Hall–Kier alpha value is -1.06. The molecular formula is C13H21NO2. The Kier molecular flexibility index (Phi) is 5.29. The second kappa shape index (κ2) is 6.51. The van der Waals surface area contributed by atoms with Crippen LogP contribution >= 0.6 is 0 Å². The molecule has 3 heteroatoms. The minimum absolute atomic E-state index is 0.0925. The number of nitrogens with one attached hydrogen (secondary N) is 1. The van der Waals surface area contributed by atoms with E-state index in [0.717, 1.165) is 17.7 Å². The van der Waals surface area contributed by atoms with Crippen LogP contribution in [-0.2, 0) is 0 Å². The highest BCUT2D eigenvalue weighted by Gasteiger charge is 2.15. The molecule has 0 amide bonds. The van der Waals surface area contributed by atoms with Crippen molar-refractivity contribution >= 4 is 0 Å². The Bertz CT molecular complexity index is 315. The minimum atomic E-state index is 0.0925. The lowest BCUT2D eigenvalue weighted by Crippen LogP contribution is -2.33. The van der Waals surface area contributed by atoms with E-state index in [9.17, 15) is 0 Å². The van der Waals surface area contributed by atoms with E-state index in [2.05, 4.69) is 18.3 Å². The van der Waals surface area contributed by atoms with E-state index < -0.39 is 0 Å². The van der Waals surface area contributed by atoms with Gasteiger partial charge in [-0.15, -0.1) is 0 Å². The Morgan fingerprint density at radius 1 is 1.38 bits per heavy atom. The van der Waals surface area contributed by atoms with Crippen LogP contribution in [0.3, 0.4) is 0 Å². The van der Waals surface area contributed by atoms with Gasteiger partial charge < -0.3 is 15.2 Å². The number of ether oxygens (including phenoxy) is 1. The van der Waals surface area contributed by atoms with Crippen LogP contribution in [0.1, 0.15) is 31.9 Å². The van der Waals surface area contributed by atoms with Crippen molar-refractivity contribution in [2.75, 3.05) is 13.7 Å². The predicted octanol–water partition coefficient (Wildman–Crippen LogP) is 2.12. The number of benzene rings is 1. The lowest BCUT2D eigenvalue weighted by molar-refractivity contribution is 0.238. The molecule has 1 aromatic rings. The summed E-state index contributed by atoms with van der Waals surface area (Å²) in [5.74, 6) is 0.895. The molecule has 0 bridgehead atoms. The van der Waals surface area contributed by atoms with Crippen molar-refractivity contribution in [1.82, 2.24) is 5.32 Å². The summed E-state index contributed by atoms with van der Waals surface area (Å²) in [5.41, 5.74) is 1.15. The van der Waals surface area contributed by atoms with E-state index in [1.807, 2.05) is 25.1 Å². The van der Waals surface area contributed by atoms with Crippen LogP contribution < -0.4 is 10.1 Å². The summed E-state index contributed by atoms with van der Waals surface area (Å²) in [4.78, 5) is 0. The van der Waals surface area contributed by atoms with Crippen molar-refractivity contribution in [2.45, 2.75) is 32.4 Å². The van der Waals surface area contributed by atoms with E-state index in [-0.39, 0.29) is 18.7 Å². The van der Waals surface area contributed by atoms with Crippen LogP contribution in [0.4, 0.5) is 0 Å². The lowest BCUT2D eigenvalue weighted by Gasteiger charge is -2.23. The molecule has 0 fully saturated rings. The largest absolute Gasteiger partial charge is 0.496 e. The van der Waals surface area contributed by atoms with E-state index >= 15 is 0 Å². The van der Waals surface area contributed by atoms with Crippen LogP contribution in [0.15, 0.2) is 24.3 Å². The normalized spacial score (nSPS) is 14.5. The van der Waals surface area contributed by atoms with Crippen molar-refractivity contribution in [2.24, 2.45) is 0 Å². The number of methoxy groups -OCH3 is 1. The zero-order valence-corrected chi connectivity index (χ0v) is 10.2. The van der Waals surface area contributed by atoms with Gasteiger partial charge in [-0.2, -0.15) is 0 Å². The first-order chi connectivity index (χ1) is 7.72. The van der Waals surface area contributed by atoms with Gasteiger partial charge in [-0.1, -0.05) is 25.1 Å². The molecule has 1 aromatic carbocycles. The average molecular weight is 223 g/mol. The predicted molar refractivity (Wildman–Crippen MR) is 65.7 cm³/mol. The fraction of sp³-hybridized carbons (Fsp3) is 0.538. The first-order valence-corrected chi connectivity index (χ1v) is 5.72. The zero-order chi connectivity index (χ0) is 12.0. The summed E-state index contributed by atoms with van der Waals surface area (Å²) < 4.78 is 5.34. The van der Waals surface area contributed by atoms with Crippen molar-refractivity contribution in [3.05, 3.63) is 29.8 Å². The topological polar surface area (TPSA) is 41.5 Å². The average Bonchev–Trinajstić information content (AvgIpc) is 2.35. The van der Waals surface area contributed by atoms with Crippen LogP contribution in [-0.4, -0.2) is 24.9 Å². The van der Waals surface area contributed by atoms with Gasteiger partial charge in [0, 0.05) is 17.6 Å². The first kappa shape index (κ1) is 13.0. The molecule has 0 spiro atoms. The number of aliphatic hydroxyl groups is 1. The highest BCUT2D eigenvalue weighted by Crippen LogP contribution is 2.26. The fourth-order valence-corrected chi connectivity index (χ4v) is 1.78. The Labute approximate surface area is 97.4 Å². The molecular weight excluding hydrogens is 202 g/mol. The Balaban J connectivity index is 2.85. The standard InChI is InChI=1S/C13H21NO2/c1-4-12(14-10(2)9-15)11-7-5-6-8-13(11)16-3/h5-8,10,12,14-15H,4,9H2,1-3H3/t10-,12?/m1/s1. The maximum absolute atomic E-state index is 9.06. The van der Waals surface area contributed by atoms with Crippen LogP contribution in [0.2, 0.25) is 0 Å². The van der Waals surface area contributed by atoms with Crippen LogP contribution in [0.5, 0.6) is 5.75 Å². The highest BCUT2D eigenvalue weighted by atomic mass is 16.5. The maximum atomic E-state index is 9.06. The molecule has 16 heavy (non-hydrogen) atoms. The quantitative estimate of drug-likeness (QED) is 0.776. The molecule has 90 valence electrons. The molecule has 1 rings (SSSR count). The smallest absolute Gasteiger partial charge is 0.123 e. The van der Waals surface area contributed by atoms with Gasteiger partial charge in [0.05, 0.1) is 13.7 Å². The van der Waals surface area contributed by atoms with Gasteiger partial charge in [0.15, 0.2) is 0 Å². The van der Waals surface area contributed by atoms with E-state index in [0.29, 0.717) is 0 Å². The molecule has 2 atom stereocenters. The second-order valence-electron chi connectivity index (χ2n) is 3.95. The molecule has 2 N–H and O–H groups in total. The molecule has 0 saturated heterocycles. The van der Waals surface area contributed by atoms with Gasteiger partial charge in [-0.3, -0.25) is 0 Å². The molecule has 0 heterocycles. The lowest BCUT2D eigenvalue weighted by atomic mass is 10.0. The van der Waals surface area contributed by atoms with Gasteiger partial charge in [-0.05, 0) is 19.4 Å². The van der Waals surface area contributed by atoms with Crippen molar-refractivity contribution in [3.63, 3.8) is 0 Å². The van der Waals surface area contributed by atoms with Gasteiger partial charge in [0.2, 0.25) is 0 Å². The highest BCUT2D eigenvalue weighted by molar-refractivity contribution is 5.35. The second-order valence-corrected chi connectivity index (χ2v) is 3.95. The molecule has 1 unspecified atom stereocenters. The third kappa shape index (κ3) is 3.22.